The van der Waals surface area contributed by atoms with Crippen LogP contribution in [0.5, 0.6) is 0 Å². The lowest BCUT2D eigenvalue weighted by molar-refractivity contribution is -0.118. The maximum absolute atomic E-state index is 12.4. The van der Waals surface area contributed by atoms with E-state index in [9.17, 15) is 9.59 Å². The lowest BCUT2D eigenvalue weighted by atomic mass is 10.2. The third-order valence-corrected chi connectivity index (χ3v) is 3.50. The van der Waals surface area contributed by atoms with Gasteiger partial charge in [0.15, 0.2) is 0 Å². The highest BCUT2D eigenvalue weighted by Crippen LogP contribution is 2.05. The molecule has 0 fully saturated rings. The number of anilines is 1. The Balaban J connectivity index is 2.10. The number of carbonyl (C=O) groups is 1. The average molecular weight is 315 g/mol. The van der Waals surface area contributed by atoms with Gasteiger partial charge in [0.2, 0.25) is 5.91 Å². The third-order valence-electron chi connectivity index (χ3n) is 3.50. The first-order chi connectivity index (χ1) is 11.1. The van der Waals surface area contributed by atoms with Gasteiger partial charge in [-0.05, 0) is 17.7 Å². The van der Waals surface area contributed by atoms with Crippen LogP contribution in [0.4, 0.5) is 5.69 Å². The van der Waals surface area contributed by atoms with Crippen LogP contribution in [-0.4, -0.2) is 30.2 Å². The predicted molar refractivity (Wildman–Crippen MR) is 89.3 cm³/mol. The smallest absolute Gasteiger partial charge is 0.274 e. The molecular weight excluding hydrogens is 294 g/mol. The van der Waals surface area contributed by atoms with Crippen molar-refractivity contribution in [3.05, 3.63) is 64.6 Å². The highest BCUT2D eigenvalue weighted by atomic mass is 16.5. The monoisotopic (exact) mass is 315 g/mol. The van der Waals surface area contributed by atoms with Crippen LogP contribution < -0.4 is 16.6 Å². The Morgan fingerprint density at radius 3 is 2.65 bits per heavy atom. The van der Waals surface area contributed by atoms with Crippen LogP contribution in [0.3, 0.4) is 0 Å². The molecule has 1 aromatic carbocycles. The van der Waals surface area contributed by atoms with Gasteiger partial charge in [-0.2, -0.15) is 0 Å². The molecule has 0 aliphatic rings. The Morgan fingerprint density at radius 1 is 1.26 bits per heavy atom. The molecule has 23 heavy (non-hydrogen) atoms. The summed E-state index contributed by atoms with van der Waals surface area (Å²) < 4.78 is 6.63. The number of nitrogens with one attached hydrogen (secondary N) is 1. The molecule has 1 aromatic heterocycles. The number of amides is 1. The summed E-state index contributed by atoms with van der Waals surface area (Å²) in [6.07, 6.45) is 1.45. The van der Waals surface area contributed by atoms with Crippen LogP contribution in [0.15, 0.2) is 53.5 Å². The molecule has 0 aliphatic heterocycles. The second kappa shape index (κ2) is 8.26. The number of rotatable bonds is 7. The number of hydrogen-bond acceptors (Lipinski definition) is 4. The van der Waals surface area contributed by atoms with Crippen LogP contribution in [0.1, 0.15) is 12.0 Å². The van der Waals surface area contributed by atoms with Crippen LogP contribution >= 0.6 is 0 Å². The van der Waals surface area contributed by atoms with Gasteiger partial charge in [0.05, 0.1) is 19.1 Å². The summed E-state index contributed by atoms with van der Waals surface area (Å²) in [5.74, 6) is -0.295. The van der Waals surface area contributed by atoms with Crippen LogP contribution in [0.25, 0.3) is 0 Å². The molecule has 6 nitrogen and oxygen atoms in total. The molecule has 2 aromatic rings. The van der Waals surface area contributed by atoms with Gasteiger partial charge in [0.1, 0.15) is 5.69 Å². The minimum Gasteiger partial charge on any atom is -0.380 e. The molecule has 1 atom stereocenters. The molecule has 3 N–H and O–H groups in total. The van der Waals surface area contributed by atoms with E-state index in [0.29, 0.717) is 6.54 Å². The largest absolute Gasteiger partial charge is 0.380 e. The van der Waals surface area contributed by atoms with Crippen LogP contribution in [0.2, 0.25) is 0 Å². The molecule has 122 valence electrons. The quantitative estimate of drug-likeness (QED) is 0.804. The zero-order valence-electron chi connectivity index (χ0n) is 13.1. The summed E-state index contributed by atoms with van der Waals surface area (Å²) in [4.78, 5) is 24.4. The van der Waals surface area contributed by atoms with Gasteiger partial charge < -0.3 is 20.4 Å². The molecule has 0 saturated carbocycles. The number of nitrogens with zero attached hydrogens (tertiary/aromatic N) is 1. The Hall–Kier alpha value is -2.44. The lowest BCUT2D eigenvalue weighted by Crippen LogP contribution is -2.30. The average Bonchev–Trinajstić information content (AvgIpc) is 2.57. The fourth-order valence-corrected chi connectivity index (χ4v) is 2.21. The van der Waals surface area contributed by atoms with E-state index in [4.69, 9.17) is 10.5 Å². The standard InChI is InChI=1S/C17H21N3O3/c1-23-14(11-18)10-16(21)19-15-8-5-9-20(17(15)22)12-13-6-3-2-4-7-13/h2-9,14H,10-12,18H2,1H3,(H,19,21). The van der Waals surface area contributed by atoms with Gasteiger partial charge in [-0.15, -0.1) is 0 Å². The highest BCUT2D eigenvalue weighted by Gasteiger charge is 2.13. The molecule has 0 aliphatic carbocycles. The molecule has 0 radical (unpaired) electrons. The number of methoxy groups -OCH3 is 1. The molecule has 1 amide bonds. The van der Waals surface area contributed by atoms with Gasteiger partial charge >= 0.3 is 0 Å². The van der Waals surface area contributed by atoms with Crippen LogP contribution in [-0.2, 0) is 16.1 Å². The number of carbonyl (C=O) groups excluding carboxylic acids is 1. The molecule has 6 heteroatoms. The van der Waals surface area contributed by atoms with E-state index in [0.717, 1.165) is 5.56 Å². The highest BCUT2D eigenvalue weighted by molar-refractivity contribution is 5.90. The summed E-state index contributed by atoms with van der Waals surface area (Å²) in [5.41, 5.74) is 6.51. The second-order valence-electron chi connectivity index (χ2n) is 5.19. The van der Waals surface area contributed by atoms with Crippen molar-refractivity contribution in [2.24, 2.45) is 5.73 Å². The van der Waals surface area contributed by atoms with Gasteiger partial charge in [0, 0.05) is 19.9 Å². The van der Waals surface area contributed by atoms with E-state index in [1.165, 1.54) is 7.11 Å². The first-order valence-corrected chi connectivity index (χ1v) is 7.40. The Bertz CT molecular complexity index is 694. The number of pyridine rings is 1. The normalized spacial score (nSPS) is 11.9. The maximum atomic E-state index is 12.4. The molecule has 1 heterocycles. The SMILES string of the molecule is COC(CN)CC(=O)Nc1cccn(Cc2ccccc2)c1=O. The van der Waals surface area contributed by atoms with E-state index in [-0.39, 0.29) is 36.2 Å². The number of hydrogen-bond donors (Lipinski definition) is 2. The van der Waals surface area contributed by atoms with E-state index in [2.05, 4.69) is 5.32 Å². The number of nitrogens with two attached hydrogens (primary N) is 1. The van der Waals surface area contributed by atoms with Crippen molar-refractivity contribution in [1.29, 1.82) is 0 Å². The molecule has 0 bridgehead atoms. The first-order valence-electron chi connectivity index (χ1n) is 7.40. The van der Waals surface area contributed by atoms with E-state index < -0.39 is 0 Å². The number of ether oxygens (including phenoxy) is 1. The Kier molecular flexibility index (Phi) is 6.08. The third kappa shape index (κ3) is 4.77. The van der Waals surface area contributed by atoms with Gasteiger partial charge in [-0.3, -0.25) is 9.59 Å². The molecule has 0 spiro atoms. The molecule has 1 unspecified atom stereocenters. The summed E-state index contributed by atoms with van der Waals surface area (Å²) in [6, 6.07) is 13.0. The molecular formula is C17H21N3O3. The van der Waals surface area contributed by atoms with Crippen molar-refractivity contribution >= 4 is 11.6 Å². The maximum Gasteiger partial charge on any atom is 0.274 e. The molecule has 2 rings (SSSR count). The van der Waals surface area contributed by atoms with E-state index in [1.807, 2.05) is 30.3 Å². The van der Waals surface area contributed by atoms with Crippen molar-refractivity contribution in [1.82, 2.24) is 4.57 Å². The fraction of sp³-hybridized carbons (Fsp3) is 0.294. The van der Waals surface area contributed by atoms with Crippen molar-refractivity contribution in [3.63, 3.8) is 0 Å². The minimum atomic E-state index is -0.356. The number of aromatic nitrogens is 1. The summed E-state index contributed by atoms with van der Waals surface area (Å²) >= 11 is 0. The lowest BCUT2D eigenvalue weighted by Gasteiger charge is -2.13. The van der Waals surface area contributed by atoms with Crippen molar-refractivity contribution in [3.8, 4) is 0 Å². The van der Waals surface area contributed by atoms with E-state index in [1.54, 1.807) is 22.9 Å². The minimum absolute atomic E-state index is 0.111. The Labute approximate surface area is 134 Å². The topological polar surface area (TPSA) is 86.3 Å². The first kappa shape index (κ1) is 16.9. The van der Waals surface area contributed by atoms with Gasteiger partial charge in [-0.25, -0.2) is 0 Å². The zero-order chi connectivity index (χ0) is 16.7. The number of benzene rings is 1. The van der Waals surface area contributed by atoms with Crippen LogP contribution in [0, 0.1) is 0 Å². The summed E-state index contributed by atoms with van der Waals surface area (Å²) in [7, 11) is 1.50. The Morgan fingerprint density at radius 2 is 2.00 bits per heavy atom. The predicted octanol–water partition coefficient (Wildman–Crippen LogP) is 1.20. The van der Waals surface area contributed by atoms with E-state index >= 15 is 0 Å². The van der Waals surface area contributed by atoms with Crippen molar-refractivity contribution < 1.29 is 9.53 Å². The summed E-state index contributed by atoms with van der Waals surface area (Å²) in [6.45, 7) is 0.698. The molecule has 0 saturated heterocycles. The van der Waals surface area contributed by atoms with Crippen molar-refractivity contribution in [2.75, 3.05) is 19.0 Å². The zero-order valence-corrected chi connectivity index (χ0v) is 13.1. The van der Waals surface area contributed by atoms with Gasteiger partial charge in [-0.1, -0.05) is 30.3 Å². The van der Waals surface area contributed by atoms with Gasteiger partial charge in [0.25, 0.3) is 5.56 Å². The van der Waals surface area contributed by atoms with Crippen molar-refractivity contribution in [2.45, 2.75) is 19.1 Å². The fourth-order valence-electron chi connectivity index (χ4n) is 2.21. The second-order valence-corrected chi connectivity index (χ2v) is 5.19. The summed E-state index contributed by atoms with van der Waals surface area (Å²) in [5, 5.41) is 2.63.